The van der Waals surface area contributed by atoms with Crippen molar-refractivity contribution in [3.05, 3.63) is 11.8 Å². The summed E-state index contributed by atoms with van der Waals surface area (Å²) >= 11 is 1.48. The van der Waals surface area contributed by atoms with Gasteiger partial charge in [-0.2, -0.15) is 5.10 Å². The highest BCUT2D eigenvalue weighted by Crippen LogP contribution is 2.21. The predicted molar refractivity (Wildman–Crippen MR) is 46.6 cm³/mol. The Balaban J connectivity index is 3.03. The fourth-order valence-electron chi connectivity index (χ4n) is 0.881. The summed E-state index contributed by atoms with van der Waals surface area (Å²) in [5.41, 5.74) is 0.282. The van der Waals surface area contributed by atoms with Gasteiger partial charge in [0, 0.05) is 7.05 Å². The van der Waals surface area contributed by atoms with Crippen LogP contribution in [0.2, 0.25) is 0 Å². The summed E-state index contributed by atoms with van der Waals surface area (Å²) in [5.74, 6) is -0.0705. The number of carbonyl (C=O) groups is 1. The third-order valence-electron chi connectivity index (χ3n) is 1.40. The predicted octanol–water partition coefficient (Wildman–Crippen LogP) is 1.23. The van der Waals surface area contributed by atoms with Crippen molar-refractivity contribution >= 4 is 17.7 Å². The molecule has 1 aromatic rings. The molecule has 1 heterocycles. The Morgan fingerprint density at radius 1 is 1.83 bits per heavy atom. The zero-order chi connectivity index (χ0) is 9.14. The van der Waals surface area contributed by atoms with Gasteiger partial charge in [0.15, 0.2) is 0 Å². The van der Waals surface area contributed by atoms with E-state index in [-0.39, 0.29) is 5.56 Å². The van der Waals surface area contributed by atoms with Crippen molar-refractivity contribution in [1.82, 2.24) is 9.78 Å². The van der Waals surface area contributed by atoms with Gasteiger partial charge in [-0.25, -0.2) is 4.79 Å². The third kappa shape index (κ3) is 1.61. The summed E-state index contributed by atoms with van der Waals surface area (Å²) in [4.78, 5) is 10.6. The average molecular weight is 186 g/mol. The van der Waals surface area contributed by atoms with Crippen molar-refractivity contribution < 1.29 is 9.90 Å². The van der Waals surface area contributed by atoms with Crippen LogP contribution < -0.4 is 0 Å². The van der Waals surface area contributed by atoms with E-state index in [1.165, 1.54) is 18.0 Å². The Labute approximate surface area is 74.6 Å². The van der Waals surface area contributed by atoms with Crippen LogP contribution in [0.25, 0.3) is 0 Å². The van der Waals surface area contributed by atoms with Crippen molar-refractivity contribution in [2.75, 3.05) is 5.75 Å². The van der Waals surface area contributed by atoms with E-state index >= 15 is 0 Å². The molecule has 0 spiro atoms. The molecule has 0 saturated carbocycles. The molecule has 0 radical (unpaired) electrons. The zero-order valence-corrected chi connectivity index (χ0v) is 7.76. The molecule has 0 aliphatic heterocycles. The van der Waals surface area contributed by atoms with Gasteiger partial charge in [0.25, 0.3) is 0 Å². The lowest BCUT2D eigenvalue weighted by atomic mass is 10.4. The van der Waals surface area contributed by atoms with E-state index < -0.39 is 5.97 Å². The monoisotopic (exact) mass is 186 g/mol. The summed E-state index contributed by atoms with van der Waals surface area (Å²) in [6.45, 7) is 1.98. The average Bonchev–Trinajstić information content (AvgIpc) is 2.34. The van der Waals surface area contributed by atoms with Crippen molar-refractivity contribution in [3.8, 4) is 0 Å². The summed E-state index contributed by atoms with van der Waals surface area (Å²) in [5, 5.41) is 13.3. The minimum Gasteiger partial charge on any atom is -0.478 e. The smallest absolute Gasteiger partial charge is 0.340 e. The Hall–Kier alpha value is -0.970. The van der Waals surface area contributed by atoms with Crippen LogP contribution in [0.3, 0.4) is 0 Å². The van der Waals surface area contributed by atoms with Crippen LogP contribution in [0.4, 0.5) is 0 Å². The van der Waals surface area contributed by atoms with Crippen LogP contribution in [-0.2, 0) is 7.05 Å². The summed E-state index contributed by atoms with van der Waals surface area (Å²) < 4.78 is 1.58. The minimum atomic E-state index is -0.918. The first-order chi connectivity index (χ1) is 5.66. The molecule has 4 nitrogen and oxygen atoms in total. The molecule has 0 saturated heterocycles. The van der Waals surface area contributed by atoms with Gasteiger partial charge in [0.05, 0.1) is 6.20 Å². The molecular weight excluding hydrogens is 176 g/mol. The molecule has 1 N–H and O–H groups in total. The minimum absolute atomic E-state index is 0.282. The molecule has 0 fully saturated rings. The fourth-order valence-corrected chi connectivity index (χ4v) is 1.68. The number of aryl methyl sites for hydroxylation is 1. The zero-order valence-electron chi connectivity index (χ0n) is 6.94. The number of rotatable bonds is 3. The second-order valence-corrected chi connectivity index (χ2v) is 3.48. The number of nitrogens with zero attached hydrogens (tertiary/aromatic N) is 2. The van der Waals surface area contributed by atoms with Crippen molar-refractivity contribution in [2.45, 2.75) is 11.9 Å². The molecule has 66 valence electrons. The first kappa shape index (κ1) is 9.12. The van der Waals surface area contributed by atoms with E-state index in [1.807, 2.05) is 6.92 Å². The van der Waals surface area contributed by atoms with Gasteiger partial charge in [0.1, 0.15) is 10.6 Å². The molecule has 0 amide bonds. The largest absolute Gasteiger partial charge is 0.478 e. The Morgan fingerprint density at radius 2 is 2.50 bits per heavy atom. The van der Waals surface area contributed by atoms with Gasteiger partial charge in [-0.05, 0) is 5.75 Å². The van der Waals surface area contributed by atoms with E-state index in [9.17, 15) is 4.79 Å². The first-order valence-electron chi connectivity index (χ1n) is 3.55. The van der Waals surface area contributed by atoms with Gasteiger partial charge in [-0.15, -0.1) is 11.8 Å². The van der Waals surface area contributed by atoms with Crippen molar-refractivity contribution in [2.24, 2.45) is 7.05 Å². The number of carboxylic acid groups (broad SMARTS) is 1. The Kier molecular flexibility index (Phi) is 2.75. The maximum Gasteiger partial charge on any atom is 0.340 e. The molecule has 0 bridgehead atoms. The second kappa shape index (κ2) is 3.62. The van der Waals surface area contributed by atoms with Crippen molar-refractivity contribution in [1.29, 1.82) is 0 Å². The van der Waals surface area contributed by atoms with Gasteiger partial charge in [-0.3, -0.25) is 4.68 Å². The number of aromatic carboxylic acids is 1. The number of aromatic nitrogens is 2. The van der Waals surface area contributed by atoms with Crippen LogP contribution in [-0.4, -0.2) is 26.6 Å². The summed E-state index contributed by atoms with van der Waals surface area (Å²) in [6.07, 6.45) is 1.38. The van der Waals surface area contributed by atoms with Gasteiger partial charge in [-0.1, -0.05) is 6.92 Å². The lowest BCUT2D eigenvalue weighted by Gasteiger charge is -1.99. The summed E-state index contributed by atoms with van der Waals surface area (Å²) in [6, 6.07) is 0. The Bertz CT molecular complexity index is 296. The number of hydrogen-bond donors (Lipinski definition) is 1. The van der Waals surface area contributed by atoms with E-state index in [1.54, 1.807) is 11.7 Å². The molecule has 0 atom stereocenters. The van der Waals surface area contributed by atoms with E-state index in [2.05, 4.69) is 5.10 Å². The van der Waals surface area contributed by atoms with E-state index in [0.717, 1.165) is 5.75 Å². The highest BCUT2D eigenvalue weighted by atomic mass is 32.2. The van der Waals surface area contributed by atoms with Crippen LogP contribution in [0.5, 0.6) is 0 Å². The standard InChI is InChI=1S/C7H10N2O2S/c1-3-12-6-5(7(10)11)4-8-9(6)2/h4H,3H2,1-2H3,(H,10,11). The van der Waals surface area contributed by atoms with Gasteiger partial charge < -0.3 is 5.11 Å². The van der Waals surface area contributed by atoms with Crippen molar-refractivity contribution in [3.63, 3.8) is 0 Å². The maximum atomic E-state index is 10.6. The number of carboxylic acids is 1. The fraction of sp³-hybridized carbons (Fsp3) is 0.429. The molecule has 0 aromatic carbocycles. The molecule has 1 rings (SSSR count). The van der Waals surface area contributed by atoms with E-state index in [0.29, 0.717) is 5.03 Å². The van der Waals surface area contributed by atoms with Crippen LogP contribution >= 0.6 is 11.8 Å². The summed E-state index contributed by atoms with van der Waals surface area (Å²) in [7, 11) is 1.74. The molecule has 0 aliphatic rings. The molecule has 0 unspecified atom stereocenters. The molecule has 12 heavy (non-hydrogen) atoms. The molecule has 1 aromatic heterocycles. The number of hydrogen-bond acceptors (Lipinski definition) is 3. The quantitative estimate of drug-likeness (QED) is 0.721. The highest BCUT2D eigenvalue weighted by molar-refractivity contribution is 7.99. The lowest BCUT2D eigenvalue weighted by Crippen LogP contribution is -1.99. The topological polar surface area (TPSA) is 55.1 Å². The first-order valence-corrected chi connectivity index (χ1v) is 4.53. The van der Waals surface area contributed by atoms with Gasteiger partial charge >= 0.3 is 5.97 Å². The lowest BCUT2D eigenvalue weighted by molar-refractivity contribution is 0.0692. The van der Waals surface area contributed by atoms with Crippen LogP contribution in [0.15, 0.2) is 11.2 Å². The second-order valence-electron chi connectivity index (χ2n) is 2.23. The van der Waals surface area contributed by atoms with Crippen LogP contribution in [0.1, 0.15) is 17.3 Å². The molecule has 0 aliphatic carbocycles. The van der Waals surface area contributed by atoms with Crippen LogP contribution in [0, 0.1) is 0 Å². The molecular formula is C7H10N2O2S. The molecule has 5 heteroatoms. The maximum absolute atomic E-state index is 10.6. The highest BCUT2D eigenvalue weighted by Gasteiger charge is 2.13. The number of thioether (sulfide) groups is 1. The van der Waals surface area contributed by atoms with Gasteiger partial charge in [0.2, 0.25) is 0 Å². The van der Waals surface area contributed by atoms with E-state index in [4.69, 9.17) is 5.11 Å². The Morgan fingerprint density at radius 3 is 3.00 bits per heavy atom. The third-order valence-corrected chi connectivity index (χ3v) is 2.44. The SMILES string of the molecule is CCSc1c(C(=O)O)cnn1C. The normalized spacial score (nSPS) is 10.2.